The van der Waals surface area contributed by atoms with Crippen LogP contribution in [0.15, 0.2) is 48.5 Å². The second-order valence-corrected chi connectivity index (χ2v) is 6.67. The van der Waals surface area contributed by atoms with Gasteiger partial charge in [0.1, 0.15) is 11.5 Å². The molecule has 0 spiro atoms. The van der Waals surface area contributed by atoms with Crippen LogP contribution in [0.25, 0.3) is 0 Å². The number of likely N-dealkylation sites (N-methyl/N-ethyl adjacent to an activating group) is 1. The number of ether oxygens (including phenoxy) is 2. The van der Waals surface area contributed by atoms with Crippen molar-refractivity contribution in [3.8, 4) is 11.5 Å². The summed E-state index contributed by atoms with van der Waals surface area (Å²) in [6, 6.07) is 13.9. The first-order valence-electron chi connectivity index (χ1n) is 8.81. The Kier molecular flexibility index (Phi) is 7.23. The largest absolute Gasteiger partial charge is 0.497 e. The van der Waals surface area contributed by atoms with Crippen molar-refractivity contribution in [2.24, 2.45) is 5.92 Å². The second-order valence-electron chi connectivity index (χ2n) is 6.67. The highest BCUT2D eigenvalue weighted by Crippen LogP contribution is 2.16. The summed E-state index contributed by atoms with van der Waals surface area (Å²) >= 11 is 0. The maximum atomic E-state index is 12.5. The third-order valence-electron chi connectivity index (χ3n) is 3.79. The smallest absolute Gasteiger partial charge is 0.254 e. The Morgan fingerprint density at radius 3 is 2.15 bits per heavy atom. The van der Waals surface area contributed by atoms with Gasteiger partial charge in [-0.2, -0.15) is 0 Å². The first kappa shape index (κ1) is 20.3. The molecule has 6 heteroatoms. The molecule has 2 aromatic carbocycles. The standard InChI is InChI=1S/C21H26N2O4/c1-15(2)14-27-19-9-5-16(6-10-19)21(25)23(3)13-20(24)22-17-7-11-18(26-4)12-8-17/h5-12,15H,13-14H2,1-4H3,(H,22,24). The number of carbonyl (C=O) groups excluding carboxylic acids is 2. The van der Waals surface area contributed by atoms with Crippen LogP contribution >= 0.6 is 0 Å². The van der Waals surface area contributed by atoms with Crippen LogP contribution < -0.4 is 14.8 Å². The minimum absolute atomic E-state index is 0.0452. The Bertz CT molecular complexity index is 755. The summed E-state index contributed by atoms with van der Waals surface area (Å²) < 4.78 is 10.7. The van der Waals surface area contributed by atoms with E-state index in [4.69, 9.17) is 9.47 Å². The second kappa shape index (κ2) is 9.62. The van der Waals surface area contributed by atoms with Gasteiger partial charge in [0.15, 0.2) is 0 Å². The molecule has 0 bridgehead atoms. The monoisotopic (exact) mass is 370 g/mol. The zero-order valence-electron chi connectivity index (χ0n) is 16.2. The fourth-order valence-electron chi connectivity index (χ4n) is 2.34. The quantitative estimate of drug-likeness (QED) is 0.773. The molecule has 0 aliphatic heterocycles. The van der Waals surface area contributed by atoms with Gasteiger partial charge < -0.3 is 19.7 Å². The summed E-state index contributed by atoms with van der Waals surface area (Å²) in [5, 5.41) is 2.76. The van der Waals surface area contributed by atoms with Gasteiger partial charge in [-0.05, 0) is 54.4 Å². The van der Waals surface area contributed by atoms with Crippen LogP contribution in [-0.4, -0.2) is 44.0 Å². The minimum Gasteiger partial charge on any atom is -0.497 e. The molecule has 2 rings (SSSR count). The minimum atomic E-state index is -0.270. The van der Waals surface area contributed by atoms with Gasteiger partial charge >= 0.3 is 0 Å². The number of nitrogens with zero attached hydrogens (tertiary/aromatic N) is 1. The summed E-state index contributed by atoms with van der Waals surface area (Å²) in [6.45, 7) is 4.73. The molecule has 0 atom stereocenters. The molecule has 0 saturated heterocycles. The maximum absolute atomic E-state index is 12.5. The molecular weight excluding hydrogens is 344 g/mol. The topological polar surface area (TPSA) is 67.9 Å². The summed E-state index contributed by atoms with van der Waals surface area (Å²) in [6.07, 6.45) is 0. The number of benzene rings is 2. The predicted molar refractivity (Wildman–Crippen MR) is 105 cm³/mol. The van der Waals surface area contributed by atoms with E-state index in [1.165, 1.54) is 4.90 Å². The molecule has 0 aromatic heterocycles. The highest BCUT2D eigenvalue weighted by molar-refractivity contribution is 5.99. The Morgan fingerprint density at radius 1 is 1.00 bits per heavy atom. The molecular formula is C21H26N2O4. The van der Waals surface area contributed by atoms with Crippen molar-refractivity contribution >= 4 is 17.5 Å². The fourth-order valence-corrected chi connectivity index (χ4v) is 2.34. The van der Waals surface area contributed by atoms with Crippen molar-refractivity contribution in [2.45, 2.75) is 13.8 Å². The molecule has 0 aliphatic carbocycles. The molecule has 2 amide bonds. The normalized spacial score (nSPS) is 10.4. The fraction of sp³-hybridized carbons (Fsp3) is 0.333. The van der Waals surface area contributed by atoms with Crippen LogP contribution in [0, 0.1) is 5.92 Å². The molecule has 1 N–H and O–H groups in total. The van der Waals surface area contributed by atoms with Gasteiger partial charge in [-0.3, -0.25) is 9.59 Å². The lowest BCUT2D eigenvalue weighted by Crippen LogP contribution is -2.34. The molecule has 6 nitrogen and oxygen atoms in total. The van der Waals surface area contributed by atoms with Crippen LogP contribution in [0.2, 0.25) is 0 Å². The van der Waals surface area contributed by atoms with Gasteiger partial charge in [-0.25, -0.2) is 0 Å². The molecule has 2 aromatic rings. The Hall–Kier alpha value is -3.02. The van der Waals surface area contributed by atoms with Gasteiger partial charge in [0.2, 0.25) is 5.91 Å². The number of anilines is 1. The van der Waals surface area contributed by atoms with Gasteiger partial charge in [-0.1, -0.05) is 13.8 Å². The highest BCUT2D eigenvalue weighted by atomic mass is 16.5. The lowest BCUT2D eigenvalue weighted by molar-refractivity contribution is -0.116. The maximum Gasteiger partial charge on any atom is 0.254 e. The van der Waals surface area contributed by atoms with E-state index in [0.717, 1.165) is 5.75 Å². The summed E-state index contributed by atoms with van der Waals surface area (Å²) in [4.78, 5) is 26.0. The number of hydrogen-bond acceptors (Lipinski definition) is 4. The average Bonchev–Trinajstić information content (AvgIpc) is 2.66. The van der Waals surface area contributed by atoms with Gasteiger partial charge in [0.05, 0.1) is 20.3 Å². The summed E-state index contributed by atoms with van der Waals surface area (Å²) in [5.74, 6) is 1.37. The van der Waals surface area contributed by atoms with Crippen LogP contribution in [0.1, 0.15) is 24.2 Å². The molecule has 144 valence electrons. The molecule has 0 saturated carbocycles. The predicted octanol–water partition coefficient (Wildman–Crippen LogP) is 3.44. The van der Waals surface area contributed by atoms with Crippen molar-refractivity contribution in [3.63, 3.8) is 0 Å². The number of amides is 2. The number of methoxy groups -OCH3 is 1. The third-order valence-corrected chi connectivity index (χ3v) is 3.79. The SMILES string of the molecule is COc1ccc(NC(=O)CN(C)C(=O)c2ccc(OCC(C)C)cc2)cc1. The Morgan fingerprint density at radius 2 is 1.59 bits per heavy atom. The Labute approximate surface area is 160 Å². The molecule has 27 heavy (non-hydrogen) atoms. The van der Waals surface area contributed by atoms with Gasteiger partial charge in [0, 0.05) is 18.3 Å². The van der Waals surface area contributed by atoms with E-state index in [2.05, 4.69) is 19.2 Å². The molecule has 0 unspecified atom stereocenters. The molecule has 0 aliphatic rings. The molecule has 0 fully saturated rings. The van der Waals surface area contributed by atoms with Crippen molar-refractivity contribution < 1.29 is 19.1 Å². The van der Waals surface area contributed by atoms with E-state index in [1.54, 1.807) is 62.7 Å². The third kappa shape index (κ3) is 6.33. The van der Waals surface area contributed by atoms with E-state index in [-0.39, 0.29) is 18.4 Å². The van der Waals surface area contributed by atoms with Gasteiger partial charge in [0.25, 0.3) is 5.91 Å². The molecule has 0 radical (unpaired) electrons. The summed E-state index contributed by atoms with van der Waals surface area (Å²) in [5.41, 5.74) is 1.15. The van der Waals surface area contributed by atoms with E-state index in [9.17, 15) is 9.59 Å². The number of carbonyl (C=O) groups is 2. The zero-order chi connectivity index (χ0) is 19.8. The van der Waals surface area contributed by atoms with Crippen LogP contribution in [0.5, 0.6) is 11.5 Å². The number of hydrogen-bond donors (Lipinski definition) is 1. The van der Waals surface area contributed by atoms with Crippen molar-refractivity contribution in [3.05, 3.63) is 54.1 Å². The first-order chi connectivity index (χ1) is 12.9. The van der Waals surface area contributed by atoms with Crippen molar-refractivity contribution in [2.75, 3.05) is 32.6 Å². The lowest BCUT2D eigenvalue weighted by Gasteiger charge is -2.17. The van der Waals surface area contributed by atoms with E-state index < -0.39 is 0 Å². The van der Waals surface area contributed by atoms with E-state index in [0.29, 0.717) is 29.5 Å². The van der Waals surface area contributed by atoms with Gasteiger partial charge in [-0.15, -0.1) is 0 Å². The van der Waals surface area contributed by atoms with Crippen LogP contribution in [-0.2, 0) is 4.79 Å². The Balaban J connectivity index is 1.89. The van der Waals surface area contributed by atoms with Crippen LogP contribution in [0.3, 0.4) is 0 Å². The van der Waals surface area contributed by atoms with Crippen molar-refractivity contribution in [1.82, 2.24) is 4.90 Å². The lowest BCUT2D eigenvalue weighted by atomic mass is 10.2. The van der Waals surface area contributed by atoms with Crippen molar-refractivity contribution in [1.29, 1.82) is 0 Å². The number of nitrogens with one attached hydrogen (secondary N) is 1. The van der Waals surface area contributed by atoms with E-state index in [1.807, 2.05) is 0 Å². The first-order valence-corrected chi connectivity index (χ1v) is 8.81. The average molecular weight is 370 g/mol. The van der Waals surface area contributed by atoms with Crippen LogP contribution in [0.4, 0.5) is 5.69 Å². The van der Waals surface area contributed by atoms with E-state index >= 15 is 0 Å². The highest BCUT2D eigenvalue weighted by Gasteiger charge is 2.15. The summed E-state index contributed by atoms with van der Waals surface area (Å²) in [7, 11) is 3.18. The molecule has 0 heterocycles. The number of rotatable bonds is 8. The zero-order valence-corrected chi connectivity index (χ0v) is 16.2.